The number of hydrogen-bond donors (Lipinski definition) is 1. The first-order chi connectivity index (χ1) is 10.5. The Morgan fingerprint density at radius 1 is 1.14 bits per heavy atom. The van der Waals surface area contributed by atoms with Crippen molar-refractivity contribution in [1.82, 2.24) is 9.62 Å². The van der Waals surface area contributed by atoms with Gasteiger partial charge in [0.15, 0.2) is 0 Å². The molecule has 1 aromatic carbocycles. The summed E-state index contributed by atoms with van der Waals surface area (Å²) >= 11 is 3.28. The molecule has 2 rings (SSSR count). The Labute approximate surface area is 140 Å². The number of halogens is 1. The van der Waals surface area contributed by atoms with Crippen LogP contribution in [0.4, 0.5) is 0 Å². The van der Waals surface area contributed by atoms with Gasteiger partial charge in [-0.3, -0.25) is 4.79 Å². The smallest absolute Gasteiger partial charge is 0.240 e. The van der Waals surface area contributed by atoms with Crippen molar-refractivity contribution >= 4 is 31.9 Å². The highest BCUT2D eigenvalue weighted by atomic mass is 79.9. The van der Waals surface area contributed by atoms with Crippen molar-refractivity contribution in [3.63, 3.8) is 0 Å². The topological polar surface area (TPSA) is 66.5 Å². The molecule has 1 aliphatic rings. The van der Waals surface area contributed by atoms with E-state index < -0.39 is 10.0 Å². The number of carbonyl (C=O) groups is 1. The number of carbonyl (C=O) groups excluding carboxylic acids is 1. The number of nitrogens with zero attached hydrogens (tertiary/aromatic N) is 1. The van der Waals surface area contributed by atoms with Gasteiger partial charge in [0.05, 0.1) is 4.90 Å². The molecule has 1 heterocycles. The fraction of sp³-hybridized carbons (Fsp3) is 0.533. The predicted molar refractivity (Wildman–Crippen MR) is 89.0 cm³/mol. The zero-order chi connectivity index (χ0) is 16.0. The number of likely N-dealkylation sites (tertiary alicyclic amines) is 1. The Kier molecular flexibility index (Phi) is 6.40. The molecule has 1 fully saturated rings. The second kappa shape index (κ2) is 8.08. The summed E-state index contributed by atoms with van der Waals surface area (Å²) in [6.45, 7) is 1.74. The third kappa shape index (κ3) is 5.07. The van der Waals surface area contributed by atoms with Crippen LogP contribution in [-0.2, 0) is 14.8 Å². The minimum atomic E-state index is -3.48. The predicted octanol–water partition coefficient (Wildman–Crippen LogP) is 2.52. The van der Waals surface area contributed by atoms with Gasteiger partial charge in [0, 0.05) is 30.5 Å². The summed E-state index contributed by atoms with van der Waals surface area (Å²) in [6, 6.07) is 6.52. The van der Waals surface area contributed by atoms with E-state index in [1.807, 2.05) is 4.90 Å². The van der Waals surface area contributed by atoms with Crippen molar-refractivity contribution in [1.29, 1.82) is 0 Å². The maximum absolute atomic E-state index is 12.1. The summed E-state index contributed by atoms with van der Waals surface area (Å²) in [6.07, 6.45) is 4.34. The standard InChI is InChI=1S/C15H21BrN2O3S/c16-13-6-8-14(9-7-13)22(20,21)17-10-4-12-18-11-3-1-2-5-15(18)19/h6-9,17H,1-5,10-12H2. The fourth-order valence-electron chi connectivity index (χ4n) is 2.45. The molecule has 1 saturated heterocycles. The van der Waals surface area contributed by atoms with Gasteiger partial charge in [-0.1, -0.05) is 22.4 Å². The molecule has 0 spiro atoms. The van der Waals surface area contributed by atoms with Crippen LogP contribution < -0.4 is 4.72 Å². The van der Waals surface area contributed by atoms with Gasteiger partial charge in [-0.2, -0.15) is 0 Å². The third-order valence-electron chi connectivity index (χ3n) is 3.69. The van der Waals surface area contributed by atoms with Gasteiger partial charge in [-0.05, 0) is 43.5 Å². The normalized spacial score (nSPS) is 16.6. The average molecular weight is 389 g/mol. The average Bonchev–Trinajstić information content (AvgIpc) is 2.69. The van der Waals surface area contributed by atoms with Crippen molar-refractivity contribution < 1.29 is 13.2 Å². The van der Waals surface area contributed by atoms with Gasteiger partial charge >= 0.3 is 0 Å². The SMILES string of the molecule is O=C1CCCCCN1CCCNS(=O)(=O)c1ccc(Br)cc1. The van der Waals surface area contributed by atoms with Gasteiger partial charge in [-0.25, -0.2) is 13.1 Å². The van der Waals surface area contributed by atoms with E-state index in [1.165, 1.54) is 0 Å². The Hall–Kier alpha value is -0.920. The largest absolute Gasteiger partial charge is 0.343 e. The second-order valence-electron chi connectivity index (χ2n) is 5.40. The lowest BCUT2D eigenvalue weighted by Gasteiger charge is -2.20. The van der Waals surface area contributed by atoms with Gasteiger partial charge in [-0.15, -0.1) is 0 Å². The molecule has 0 atom stereocenters. The first kappa shape index (κ1) is 17.4. The molecule has 1 aliphatic heterocycles. The molecule has 7 heteroatoms. The molecule has 122 valence electrons. The monoisotopic (exact) mass is 388 g/mol. The van der Waals surface area contributed by atoms with Crippen LogP contribution in [0.3, 0.4) is 0 Å². The van der Waals surface area contributed by atoms with Gasteiger partial charge in [0.2, 0.25) is 15.9 Å². The number of amides is 1. The van der Waals surface area contributed by atoms with Crippen LogP contribution in [0, 0.1) is 0 Å². The van der Waals surface area contributed by atoms with E-state index in [9.17, 15) is 13.2 Å². The van der Waals surface area contributed by atoms with Crippen molar-refractivity contribution in [2.45, 2.75) is 37.0 Å². The molecule has 0 bridgehead atoms. The molecule has 0 radical (unpaired) electrons. The van der Waals surface area contributed by atoms with Crippen molar-refractivity contribution in [2.75, 3.05) is 19.6 Å². The number of hydrogen-bond acceptors (Lipinski definition) is 3. The highest BCUT2D eigenvalue weighted by Crippen LogP contribution is 2.14. The summed E-state index contributed by atoms with van der Waals surface area (Å²) in [5.41, 5.74) is 0. The van der Waals surface area contributed by atoms with Gasteiger partial charge in [0.25, 0.3) is 0 Å². The Balaban J connectivity index is 1.80. The summed E-state index contributed by atoms with van der Waals surface area (Å²) in [7, 11) is -3.48. The quantitative estimate of drug-likeness (QED) is 0.761. The molecule has 0 aliphatic carbocycles. The number of benzene rings is 1. The minimum Gasteiger partial charge on any atom is -0.343 e. The fourth-order valence-corrected chi connectivity index (χ4v) is 3.79. The van der Waals surface area contributed by atoms with E-state index in [0.717, 1.165) is 30.3 Å². The molecule has 1 amide bonds. The molecular weight excluding hydrogens is 368 g/mol. The second-order valence-corrected chi connectivity index (χ2v) is 8.08. The van der Waals surface area contributed by atoms with Crippen LogP contribution in [0.2, 0.25) is 0 Å². The molecular formula is C15H21BrN2O3S. The molecule has 1 aromatic rings. The maximum Gasteiger partial charge on any atom is 0.240 e. The zero-order valence-corrected chi connectivity index (χ0v) is 14.8. The molecule has 0 unspecified atom stereocenters. The van der Waals surface area contributed by atoms with Crippen LogP contribution in [0.1, 0.15) is 32.1 Å². The molecule has 0 aromatic heterocycles. The van der Waals surface area contributed by atoms with Crippen LogP contribution in [-0.4, -0.2) is 38.9 Å². The minimum absolute atomic E-state index is 0.188. The highest BCUT2D eigenvalue weighted by Gasteiger charge is 2.17. The van der Waals surface area contributed by atoms with Gasteiger partial charge in [0.1, 0.15) is 0 Å². The van der Waals surface area contributed by atoms with Crippen LogP contribution in [0.25, 0.3) is 0 Å². The van der Waals surface area contributed by atoms with Crippen molar-refractivity contribution in [2.24, 2.45) is 0 Å². The first-order valence-corrected chi connectivity index (χ1v) is 9.80. The summed E-state index contributed by atoms with van der Waals surface area (Å²) in [5, 5.41) is 0. The van der Waals surface area contributed by atoms with Crippen LogP contribution >= 0.6 is 15.9 Å². The van der Waals surface area contributed by atoms with E-state index in [1.54, 1.807) is 24.3 Å². The Bertz CT molecular complexity index is 602. The summed E-state index contributed by atoms with van der Waals surface area (Å²) < 4.78 is 27.6. The number of nitrogens with one attached hydrogen (secondary N) is 1. The van der Waals surface area contributed by atoms with Crippen LogP contribution in [0.15, 0.2) is 33.6 Å². The van der Waals surface area contributed by atoms with E-state index in [4.69, 9.17) is 0 Å². The molecule has 1 N–H and O–H groups in total. The third-order valence-corrected chi connectivity index (χ3v) is 5.70. The highest BCUT2D eigenvalue weighted by molar-refractivity contribution is 9.10. The first-order valence-electron chi connectivity index (χ1n) is 7.52. The van der Waals surface area contributed by atoms with Gasteiger partial charge < -0.3 is 4.90 Å². The van der Waals surface area contributed by atoms with E-state index >= 15 is 0 Å². The van der Waals surface area contributed by atoms with E-state index in [-0.39, 0.29) is 10.8 Å². The van der Waals surface area contributed by atoms with Crippen LogP contribution in [0.5, 0.6) is 0 Å². The molecule has 0 saturated carbocycles. The zero-order valence-electron chi connectivity index (χ0n) is 12.4. The number of rotatable bonds is 6. The Morgan fingerprint density at radius 2 is 1.86 bits per heavy atom. The summed E-state index contributed by atoms with van der Waals surface area (Å²) in [5.74, 6) is 0.188. The van der Waals surface area contributed by atoms with E-state index in [0.29, 0.717) is 25.9 Å². The van der Waals surface area contributed by atoms with E-state index in [2.05, 4.69) is 20.7 Å². The molecule has 5 nitrogen and oxygen atoms in total. The maximum atomic E-state index is 12.1. The lowest BCUT2D eigenvalue weighted by Crippen LogP contribution is -2.34. The number of sulfonamides is 1. The van der Waals surface area contributed by atoms with Crippen molar-refractivity contribution in [3.05, 3.63) is 28.7 Å². The molecule has 22 heavy (non-hydrogen) atoms. The lowest BCUT2D eigenvalue weighted by atomic mass is 10.2. The Morgan fingerprint density at radius 3 is 2.59 bits per heavy atom. The lowest BCUT2D eigenvalue weighted by molar-refractivity contribution is -0.130. The van der Waals surface area contributed by atoms with Crippen molar-refractivity contribution in [3.8, 4) is 0 Å². The summed E-state index contributed by atoms with van der Waals surface area (Å²) in [4.78, 5) is 13.9.